The number of benzene rings is 2. The van der Waals surface area contributed by atoms with E-state index in [1.165, 1.54) is 0 Å². The molecule has 9 nitrogen and oxygen atoms in total. The zero-order chi connectivity index (χ0) is 24.6. The van der Waals surface area contributed by atoms with Gasteiger partial charge in [-0.15, -0.1) is 0 Å². The predicted octanol–water partition coefficient (Wildman–Crippen LogP) is 2.63. The Balaban J connectivity index is 1.69. The third-order valence-corrected chi connectivity index (χ3v) is 6.83. The number of aromatic nitrogens is 2. The van der Waals surface area contributed by atoms with Gasteiger partial charge in [-0.2, -0.15) is 4.98 Å². The number of aldehydes is 1. The monoisotopic (exact) mass is 483 g/mol. The van der Waals surface area contributed by atoms with Crippen LogP contribution in [-0.2, 0) is 25.2 Å². The van der Waals surface area contributed by atoms with Gasteiger partial charge in [0.1, 0.15) is 6.29 Å². The molecule has 0 saturated carbocycles. The second-order valence-electron chi connectivity index (χ2n) is 7.76. The number of hydrogen-bond donors (Lipinski definition) is 1. The fourth-order valence-corrected chi connectivity index (χ4v) is 5.10. The molecule has 0 saturated heterocycles. The molecule has 0 aliphatic carbocycles. The number of Topliss-reactive ketones (excluding diaryl/α,β-unsaturated/α-hetero) is 1. The lowest BCUT2D eigenvalue weighted by Gasteiger charge is -2.19. The number of amides is 1. The lowest BCUT2D eigenvalue weighted by molar-refractivity contribution is -0.126. The van der Waals surface area contributed by atoms with E-state index in [1.54, 1.807) is 61.5 Å². The van der Waals surface area contributed by atoms with Gasteiger partial charge >= 0.3 is 0 Å². The van der Waals surface area contributed by atoms with Crippen molar-refractivity contribution in [3.63, 3.8) is 0 Å². The van der Waals surface area contributed by atoms with Crippen molar-refractivity contribution in [2.75, 3.05) is 5.75 Å². The highest BCUT2D eigenvalue weighted by molar-refractivity contribution is 7.90. The molecule has 178 valence electrons. The normalized spacial score (nSPS) is 13.1. The van der Waals surface area contributed by atoms with E-state index in [9.17, 15) is 22.8 Å². The zero-order valence-corrected chi connectivity index (χ0v) is 19.4. The topological polar surface area (TPSA) is 136 Å². The van der Waals surface area contributed by atoms with Crippen molar-refractivity contribution in [2.45, 2.75) is 31.6 Å². The number of nitrogens with one attached hydrogen (secondary N) is 1. The molecule has 10 heteroatoms. The summed E-state index contributed by atoms with van der Waals surface area (Å²) < 4.78 is 30.4. The van der Waals surface area contributed by atoms with Crippen LogP contribution in [0, 0.1) is 5.92 Å². The summed E-state index contributed by atoms with van der Waals surface area (Å²) in [6.45, 7) is 1.68. The Bertz CT molecular complexity index is 1230. The van der Waals surface area contributed by atoms with Crippen LogP contribution in [0.3, 0.4) is 0 Å². The molecule has 1 heterocycles. The van der Waals surface area contributed by atoms with Crippen LogP contribution in [-0.4, -0.2) is 48.3 Å². The van der Waals surface area contributed by atoms with E-state index in [-0.39, 0.29) is 30.3 Å². The van der Waals surface area contributed by atoms with Gasteiger partial charge in [-0.1, -0.05) is 72.7 Å². The Labute approximate surface area is 197 Å². The van der Waals surface area contributed by atoms with E-state index in [4.69, 9.17) is 4.52 Å². The third kappa shape index (κ3) is 6.67. The quantitative estimate of drug-likeness (QED) is 0.307. The molecule has 2 aromatic carbocycles. The maximum atomic E-state index is 12.9. The highest BCUT2D eigenvalue weighted by Crippen LogP contribution is 2.17. The minimum atomic E-state index is -3.69. The molecule has 0 bridgehead atoms. The molecule has 2 atom stereocenters. The Morgan fingerprint density at radius 2 is 1.71 bits per heavy atom. The van der Waals surface area contributed by atoms with Gasteiger partial charge in [-0.3, -0.25) is 9.59 Å². The van der Waals surface area contributed by atoms with Gasteiger partial charge in [0.05, 0.1) is 23.5 Å². The molecule has 0 spiro atoms. The van der Waals surface area contributed by atoms with Gasteiger partial charge in [0.2, 0.25) is 17.5 Å². The molecule has 1 aromatic heterocycles. The maximum Gasteiger partial charge on any atom is 0.296 e. The molecule has 1 amide bonds. The lowest BCUT2D eigenvalue weighted by atomic mass is 10.1. The largest absolute Gasteiger partial charge is 0.345 e. The van der Waals surface area contributed by atoms with Crippen LogP contribution < -0.4 is 5.32 Å². The van der Waals surface area contributed by atoms with E-state index < -0.39 is 39.2 Å². The van der Waals surface area contributed by atoms with Gasteiger partial charge in [0.25, 0.3) is 5.89 Å². The van der Waals surface area contributed by atoms with Crippen molar-refractivity contribution in [1.29, 1.82) is 0 Å². The summed E-state index contributed by atoms with van der Waals surface area (Å²) >= 11 is 0. The summed E-state index contributed by atoms with van der Waals surface area (Å²) in [7, 11) is -3.69. The summed E-state index contributed by atoms with van der Waals surface area (Å²) in [5.74, 6) is -3.23. The van der Waals surface area contributed by atoms with E-state index in [0.29, 0.717) is 17.4 Å². The highest BCUT2D eigenvalue weighted by Gasteiger charge is 2.31. The first-order chi connectivity index (χ1) is 16.3. The Morgan fingerprint density at radius 1 is 1.06 bits per heavy atom. The van der Waals surface area contributed by atoms with Crippen LogP contribution in [0.1, 0.15) is 36.0 Å². The van der Waals surface area contributed by atoms with Gasteiger partial charge in [0.15, 0.2) is 9.84 Å². The SMILES string of the molecule is CC[C@H](NC(=O)C(CC=O)CS(=O)(=O)Cc1ccccc1)C(=O)c1nc(-c2ccccc2)no1. The van der Waals surface area contributed by atoms with Gasteiger partial charge in [0, 0.05) is 12.0 Å². The van der Waals surface area contributed by atoms with Crippen molar-refractivity contribution < 1.29 is 27.3 Å². The molecule has 1 unspecified atom stereocenters. The average Bonchev–Trinajstić information content (AvgIpc) is 3.33. The first-order valence-corrected chi connectivity index (χ1v) is 12.6. The number of sulfone groups is 1. The zero-order valence-electron chi connectivity index (χ0n) is 18.6. The number of hydrogen-bond acceptors (Lipinski definition) is 8. The number of ketones is 1. The second-order valence-corrected chi connectivity index (χ2v) is 9.87. The van der Waals surface area contributed by atoms with E-state index in [1.807, 2.05) is 6.07 Å². The minimum absolute atomic E-state index is 0.207. The van der Waals surface area contributed by atoms with Crippen LogP contribution in [0.5, 0.6) is 0 Å². The molecule has 3 rings (SSSR count). The van der Waals surface area contributed by atoms with Crippen molar-refractivity contribution in [2.24, 2.45) is 5.92 Å². The molecule has 1 N–H and O–H groups in total. The highest BCUT2D eigenvalue weighted by atomic mass is 32.2. The van der Waals surface area contributed by atoms with Gasteiger partial charge in [-0.25, -0.2) is 8.42 Å². The van der Waals surface area contributed by atoms with Gasteiger partial charge in [-0.05, 0) is 12.0 Å². The second kappa shape index (κ2) is 11.5. The third-order valence-electron chi connectivity index (χ3n) is 5.15. The molecular formula is C24H25N3O6S. The van der Waals surface area contributed by atoms with Crippen molar-refractivity contribution >= 4 is 27.8 Å². The first kappa shape index (κ1) is 25.0. The number of carbonyl (C=O) groups excluding carboxylic acids is 3. The molecule has 0 aliphatic heterocycles. The van der Waals surface area contributed by atoms with Crippen molar-refractivity contribution in [3.8, 4) is 11.4 Å². The van der Waals surface area contributed by atoms with Crippen LogP contribution in [0.25, 0.3) is 11.4 Å². The molecule has 0 radical (unpaired) electrons. The molecule has 0 aliphatic rings. The van der Waals surface area contributed by atoms with Crippen LogP contribution in [0.15, 0.2) is 65.2 Å². The van der Waals surface area contributed by atoms with Crippen LogP contribution in [0.4, 0.5) is 0 Å². The molecular weight excluding hydrogens is 458 g/mol. The smallest absolute Gasteiger partial charge is 0.296 e. The number of nitrogens with zero attached hydrogens (tertiary/aromatic N) is 2. The summed E-state index contributed by atoms with van der Waals surface area (Å²) in [6, 6.07) is 16.5. The number of rotatable bonds is 12. The summed E-state index contributed by atoms with van der Waals surface area (Å²) in [5, 5.41) is 6.36. The van der Waals surface area contributed by atoms with Crippen molar-refractivity contribution in [3.05, 3.63) is 72.1 Å². The fourth-order valence-electron chi connectivity index (χ4n) is 3.38. The predicted molar refractivity (Wildman–Crippen MR) is 124 cm³/mol. The maximum absolute atomic E-state index is 12.9. The lowest BCUT2D eigenvalue weighted by Crippen LogP contribution is -2.45. The molecule has 34 heavy (non-hydrogen) atoms. The van der Waals surface area contributed by atoms with Crippen LogP contribution >= 0.6 is 0 Å². The Morgan fingerprint density at radius 3 is 2.32 bits per heavy atom. The van der Waals surface area contributed by atoms with Gasteiger partial charge < -0.3 is 14.6 Å². The van der Waals surface area contributed by atoms with Crippen molar-refractivity contribution in [1.82, 2.24) is 15.5 Å². The Kier molecular flexibility index (Phi) is 8.42. The Hall–Kier alpha value is -3.66. The van der Waals surface area contributed by atoms with E-state index in [0.717, 1.165) is 0 Å². The fraction of sp³-hybridized carbons (Fsp3) is 0.292. The molecule has 3 aromatic rings. The molecule has 0 fully saturated rings. The average molecular weight is 484 g/mol. The van der Waals surface area contributed by atoms with E-state index in [2.05, 4.69) is 15.5 Å². The first-order valence-electron chi connectivity index (χ1n) is 10.7. The van der Waals surface area contributed by atoms with Crippen LogP contribution in [0.2, 0.25) is 0 Å². The van der Waals surface area contributed by atoms with E-state index >= 15 is 0 Å². The standard InChI is InChI=1S/C24H25N3O6S/c1-2-20(21(29)24-26-22(27-33-24)18-11-7-4-8-12-18)25-23(30)19(13-14-28)16-34(31,32)15-17-9-5-3-6-10-17/h3-12,14,19-20H,2,13,15-16H2,1H3,(H,25,30)/t19?,20-/m0/s1. The summed E-state index contributed by atoms with van der Waals surface area (Å²) in [5.41, 5.74) is 1.25. The summed E-state index contributed by atoms with van der Waals surface area (Å²) in [6.07, 6.45) is 0.413. The number of carbonyl (C=O) groups is 3. The summed E-state index contributed by atoms with van der Waals surface area (Å²) in [4.78, 5) is 41.0. The minimum Gasteiger partial charge on any atom is -0.345 e.